The van der Waals surface area contributed by atoms with Crippen molar-refractivity contribution in [1.29, 1.82) is 0 Å². The van der Waals surface area contributed by atoms with Crippen LogP contribution in [-0.4, -0.2) is 49.4 Å². The van der Waals surface area contributed by atoms with Gasteiger partial charge in [0, 0.05) is 18.5 Å². The largest absolute Gasteiger partial charge is 0.344 e. The summed E-state index contributed by atoms with van der Waals surface area (Å²) in [5.74, 6) is 3.19. The van der Waals surface area contributed by atoms with Crippen molar-refractivity contribution >= 4 is 24.2 Å². The molecule has 29 heavy (non-hydrogen) atoms. The van der Waals surface area contributed by atoms with E-state index in [1.807, 2.05) is 11.9 Å². The first-order valence-corrected chi connectivity index (χ1v) is 11.6. The van der Waals surface area contributed by atoms with Crippen LogP contribution in [0.1, 0.15) is 65.2 Å². The molecule has 4 aliphatic carbocycles. The zero-order valence-electron chi connectivity index (χ0n) is 18.4. The molecule has 2 N–H and O–H groups in total. The highest BCUT2D eigenvalue weighted by atomic mass is 35.5. The van der Waals surface area contributed by atoms with Crippen molar-refractivity contribution in [2.45, 2.75) is 71.3 Å². The lowest BCUT2D eigenvalue weighted by atomic mass is 9.49. The fourth-order valence-corrected chi connectivity index (χ4v) is 7.11. The summed E-state index contributed by atoms with van der Waals surface area (Å²) >= 11 is 0. The Balaban J connectivity index is 0.00000240. The summed E-state index contributed by atoms with van der Waals surface area (Å²) in [4.78, 5) is 28.8. The van der Waals surface area contributed by atoms with Gasteiger partial charge in [0.05, 0.1) is 0 Å². The number of hydrogen-bond acceptors (Lipinski definition) is 3. The van der Waals surface area contributed by atoms with Crippen molar-refractivity contribution in [3.8, 4) is 0 Å². The van der Waals surface area contributed by atoms with Crippen molar-refractivity contribution in [2.75, 3.05) is 26.7 Å². The predicted molar refractivity (Wildman–Crippen MR) is 118 cm³/mol. The number of likely N-dealkylation sites (tertiary alicyclic amines) is 1. The molecule has 2 atom stereocenters. The van der Waals surface area contributed by atoms with Gasteiger partial charge < -0.3 is 15.5 Å². The lowest BCUT2D eigenvalue weighted by Crippen LogP contribution is -2.59. The molecule has 1 saturated heterocycles. The maximum atomic E-state index is 13.5. The number of hydrogen-bond donors (Lipinski definition) is 2. The first kappa shape index (κ1) is 22.9. The molecule has 2 unspecified atom stereocenters. The Kier molecular flexibility index (Phi) is 7.20. The molecule has 1 heterocycles. The normalized spacial score (nSPS) is 36.6. The van der Waals surface area contributed by atoms with Gasteiger partial charge in [-0.15, -0.1) is 12.4 Å². The number of carbonyl (C=O) groups is 2. The zero-order chi connectivity index (χ0) is 19.9. The van der Waals surface area contributed by atoms with Gasteiger partial charge >= 0.3 is 0 Å². The second-order valence-corrected chi connectivity index (χ2v) is 10.7. The van der Waals surface area contributed by atoms with Gasteiger partial charge in [-0.2, -0.15) is 0 Å². The van der Waals surface area contributed by atoms with Gasteiger partial charge in [0.1, 0.15) is 6.04 Å². The number of rotatable bonds is 6. The Morgan fingerprint density at radius 3 is 2.17 bits per heavy atom. The third kappa shape index (κ3) is 4.61. The van der Waals surface area contributed by atoms with Crippen LogP contribution in [0.25, 0.3) is 0 Å². The van der Waals surface area contributed by atoms with Crippen molar-refractivity contribution in [2.24, 2.45) is 35.0 Å². The molecule has 0 aromatic rings. The lowest BCUT2D eigenvalue weighted by molar-refractivity contribution is -0.151. The third-order valence-electron chi connectivity index (χ3n) is 8.06. The van der Waals surface area contributed by atoms with Crippen molar-refractivity contribution in [3.05, 3.63) is 0 Å². The van der Waals surface area contributed by atoms with Crippen molar-refractivity contribution in [3.63, 3.8) is 0 Å². The number of amides is 2. The molecule has 5 rings (SSSR count). The summed E-state index contributed by atoms with van der Waals surface area (Å²) in [6, 6.07) is -0.381. The van der Waals surface area contributed by atoms with Crippen LogP contribution in [0.3, 0.4) is 0 Å². The van der Waals surface area contributed by atoms with E-state index in [1.165, 1.54) is 25.7 Å². The van der Waals surface area contributed by atoms with Crippen LogP contribution in [-0.2, 0) is 9.59 Å². The van der Waals surface area contributed by atoms with Gasteiger partial charge in [-0.25, -0.2) is 0 Å². The number of carbonyl (C=O) groups excluding carboxylic acids is 2. The van der Waals surface area contributed by atoms with Crippen molar-refractivity contribution < 1.29 is 9.59 Å². The summed E-state index contributed by atoms with van der Waals surface area (Å²) in [7, 11) is 1.98. The Hall–Kier alpha value is -0.810. The molecule has 1 aliphatic heterocycles. The van der Waals surface area contributed by atoms with E-state index >= 15 is 0 Å². The second-order valence-electron chi connectivity index (χ2n) is 10.7. The van der Waals surface area contributed by atoms with E-state index in [2.05, 4.69) is 24.5 Å². The molecular weight excluding hydrogens is 386 g/mol. The van der Waals surface area contributed by atoms with Crippen LogP contribution in [0.4, 0.5) is 0 Å². The highest BCUT2D eigenvalue weighted by Crippen LogP contribution is 2.60. The molecule has 0 spiro atoms. The van der Waals surface area contributed by atoms with E-state index in [0.29, 0.717) is 5.92 Å². The molecule has 0 radical (unpaired) electrons. The minimum absolute atomic E-state index is 0. The Morgan fingerprint density at radius 1 is 1.07 bits per heavy atom. The summed E-state index contributed by atoms with van der Waals surface area (Å²) in [5, 5.41) is 6.52. The molecule has 166 valence electrons. The zero-order valence-corrected chi connectivity index (χ0v) is 19.2. The highest BCUT2D eigenvalue weighted by molar-refractivity contribution is 5.90. The van der Waals surface area contributed by atoms with Gasteiger partial charge in [-0.05, 0) is 94.5 Å². The van der Waals surface area contributed by atoms with Gasteiger partial charge in [0.25, 0.3) is 0 Å². The Labute approximate surface area is 182 Å². The first-order chi connectivity index (χ1) is 13.4. The minimum Gasteiger partial charge on any atom is -0.344 e. The molecule has 5 nitrogen and oxygen atoms in total. The van der Waals surface area contributed by atoms with E-state index in [0.717, 1.165) is 63.1 Å². The molecule has 6 heteroatoms. The molecule has 0 aromatic carbocycles. The van der Waals surface area contributed by atoms with Gasteiger partial charge in [0.2, 0.25) is 11.8 Å². The summed E-state index contributed by atoms with van der Waals surface area (Å²) < 4.78 is 0. The Bertz CT molecular complexity index is 572. The van der Waals surface area contributed by atoms with Crippen LogP contribution >= 0.6 is 12.4 Å². The molecule has 4 saturated carbocycles. The fraction of sp³-hybridized carbons (Fsp3) is 0.913. The molecular formula is C23H40ClN3O2. The minimum atomic E-state index is -0.381. The van der Waals surface area contributed by atoms with Crippen molar-refractivity contribution in [1.82, 2.24) is 15.5 Å². The maximum Gasteiger partial charge on any atom is 0.245 e. The molecule has 4 bridgehead atoms. The van der Waals surface area contributed by atoms with E-state index in [-0.39, 0.29) is 41.6 Å². The third-order valence-corrected chi connectivity index (χ3v) is 8.06. The summed E-state index contributed by atoms with van der Waals surface area (Å²) in [6.07, 6.45) is 9.40. The van der Waals surface area contributed by atoms with E-state index in [1.54, 1.807) is 0 Å². The van der Waals surface area contributed by atoms with Gasteiger partial charge in [0.15, 0.2) is 0 Å². The van der Waals surface area contributed by atoms with Crippen LogP contribution in [0.2, 0.25) is 0 Å². The quantitative estimate of drug-likeness (QED) is 0.686. The van der Waals surface area contributed by atoms with E-state index in [4.69, 9.17) is 0 Å². The number of nitrogens with one attached hydrogen (secondary N) is 2. The maximum absolute atomic E-state index is 13.5. The second kappa shape index (κ2) is 9.13. The standard InChI is InChI=1S/C23H39N3O2.ClH/c1-15(2)20(21(27)26-6-4-5-16(14-26)13-24-3)25-22(28)23-10-17-7-18(11-23)9-19(8-17)12-23;/h15-20,24H,4-14H2,1-3H3,(H,25,28);1H. The number of halogens is 1. The molecule has 5 aliphatic rings. The highest BCUT2D eigenvalue weighted by Gasteiger charge is 2.55. The van der Waals surface area contributed by atoms with E-state index < -0.39 is 0 Å². The van der Waals surface area contributed by atoms with Crippen LogP contribution in [0.15, 0.2) is 0 Å². The van der Waals surface area contributed by atoms with E-state index in [9.17, 15) is 9.59 Å². The summed E-state index contributed by atoms with van der Waals surface area (Å²) in [6.45, 7) is 6.73. The topological polar surface area (TPSA) is 61.4 Å². The lowest BCUT2D eigenvalue weighted by Gasteiger charge is -2.56. The van der Waals surface area contributed by atoms with Crippen LogP contribution in [0.5, 0.6) is 0 Å². The average Bonchev–Trinajstić information content (AvgIpc) is 2.64. The molecule has 2 amide bonds. The Morgan fingerprint density at radius 2 is 1.66 bits per heavy atom. The number of piperidine rings is 1. The summed E-state index contributed by atoms with van der Waals surface area (Å²) in [5.41, 5.74) is -0.182. The first-order valence-electron chi connectivity index (χ1n) is 11.6. The average molecular weight is 426 g/mol. The molecule has 5 fully saturated rings. The monoisotopic (exact) mass is 425 g/mol. The van der Waals surface area contributed by atoms with Gasteiger partial charge in [-0.3, -0.25) is 9.59 Å². The molecule has 0 aromatic heterocycles. The smallest absolute Gasteiger partial charge is 0.245 e. The number of nitrogens with zero attached hydrogens (tertiary/aromatic N) is 1. The van der Waals surface area contributed by atoms with Crippen LogP contribution in [0, 0.1) is 35.0 Å². The van der Waals surface area contributed by atoms with Crippen LogP contribution < -0.4 is 10.6 Å². The van der Waals surface area contributed by atoms with Gasteiger partial charge in [-0.1, -0.05) is 13.8 Å². The fourth-order valence-electron chi connectivity index (χ4n) is 7.11. The predicted octanol–water partition coefficient (Wildman–Crippen LogP) is 3.22. The SMILES string of the molecule is CNCC1CCCN(C(=O)C(NC(=O)C23CC4CC(CC(C4)C2)C3)C(C)C)C1.Cl.